The largest absolute Gasteiger partial charge is 0.288 e. The van der Waals surface area contributed by atoms with Gasteiger partial charge in [-0.25, -0.2) is 8.42 Å². The lowest BCUT2D eigenvalue weighted by Crippen LogP contribution is -2.16. The molecule has 0 saturated carbocycles. The lowest BCUT2D eigenvalue weighted by atomic mass is 10.1. The number of ketones is 1. The number of halogens is 2. The molecule has 0 heterocycles. The molecule has 0 aliphatic rings. The van der Waals surface area contributed by atoms with E-state index in [2.05, 4.69) is 15.9 Å². The minimum atomic E-state index is -3.89. The van der Waals surface area contributed by atoms with Gasteiger partial charge in [0.2, 0.25) is 5.78 Å². The first kappa shape index (κ1) is 21.5. The first-order valence-electron chi connectivity index (χ1n) is 8.80. The van der Waals surface area contributed by atoms with Crippen LogP contribution in [0.2, 0.25) is 5.02 Å². The summed E-state index contributed by atoms with van der Waals surface area (Å²) in [5, 5.41) is 0.475. The minimum Gasteiger partial charge on any atom is -0.288 e. The Hall–Kier alpha value is -2.21. The second kappa shape index (κ2) is 9.08. The van der Waals surface area contributed by atoms with E-state index < -0.39 is 15.6 Å². The van der Waals surface area contributed by atoms with Crippen molar-refractivity contribution in [3.8, 4) is 0 Å². The summed E-state index contributed by atoms with van der Waals surface area (Å²) in [6.07, 6.45) is 1.42. The molecule has 148 valence electrons. The number of aryl methyl sites for hydroxylation is 1. The lowest BCUT2D eigenvalue weighted by Gasteiger charge is -2.10. The van der Waals surface area contributed by atoms with Crippen LogP contribution in [0.3, 0.4) is 0 Å². The molecule has 3 aromatic rings. The molecule has 0 aliphatic carbocycles. The molecule has 0 aromatic heterocycles. The highest BCUT2D eigenvalue weighted by Gasteiger charge is 2.26. The number of hydrogen-bond acceptors (Lipinski definition) is 3. The summed E-state index contributed by atoms with van der Waals surface area (Å²) >= 11 is 9.26. The van der Waals surface area contributed by atoms with Gasteiger partial charge in [-0.1, -0.05) is 69.5 Å². The summed E-state index contributed by atoms with van der Waals surface area (Å²) in [6.45, 7) is 1.93. The highest BCUT2D eigenvalue weighted by atomic mass is 79.9. The van der Waals surface area contributed by atoms with Gasteiger partial charge in [-0.2, -0.15) is 0 Å². The third kappa shape index (κ3) is 5.66. The van der Waals surface area contributed by atoms with Crippen LogP contribution < -0.4 is 0 Å². The van der Waals surface area contributed by atoms with E-state index in [9.17, 15) is 13.2 Å². The highest BCUT2D eigenvalue weighted by molar-refractivity contribution is 9.10. The van der Waals surface area contributed by atoms with E-state index in [1.807, 2.05) is 19.1 Å². The molecule has 0 aliphatic heterocycles. The molecule has 3 nitrogen and oxygen atoms in total. The van der Waals surface area contributed by atoms with Crippen LogP contribution >= 0.6 is 27.5 Å². The fraction of sp³-hybridized carbons (Fsp3) is 0.0870. The third-order valence-corrected chi connectivity index (χ3v) is 6.78. The first-order valence-corrected chi connectivity index (χ1v) is 11.6. The van der Waals surface area contributed by atoms with E-state index in [1.165, 1.54) is 18.2 Å². The Bertz CT molecular complexity index is 1150. The van der Waals surface area contributed by atoms with Gasteiger partial charge in [-0.15, -0.1) is 0 Å². The summed E-state index contributed by atoms with van der Waals surface area (Å²) in [6, 6.07) is 20.5. The van der Waals surface area contributed by atoms with E-state index in [0.29, 0.717) is 16.1 Å². The number of carbonyl (C=O) groups is 1. The second-order valence-electron chi connectivity index (χ2n) is 6.64. The summed E-state index contributed by atoms with van der Waals surface area (Å²) in [4.78, 5) is 12.9. The van der Waals surface area contributed by atoms with Gasteiger partial charge in [0.15, 0.2) is 9.84 Å². The Morgan fingerprint density at radius 1 is 0.931 bits per heavy atom. The van der Waals surface area contributed by atoms with Gasteiger partial charge in [0.1, 0.15) is 4.91 Å². The Kier molecular flexibility index (Phi) is 6.73. The molecule has 0 N–H and O–H groups in total. The first-order chi connectivity index (χ1) is 13.7. The zero-order valence-electron chi connectivity index (χ0n) is 15.6. The molecule has 29 heavy (non-hydrogen) atoms. The van der Waals surface area contributed by atoms with E-state index in [-0.39, 0.29) is 16.2 Å². The average molecular weight is 490 g/mol. The molecule has 0 saturated heterocycles. The summed E-state index contributed by atoms with van der Waals surface area (Å²) < 4.78 is 27.3. The quantitative estimate of drug-likeness (QED) is 0.304. The van der Waals surface area contributed by atoms with Gasteiger partial charge in [0.25, 0.3) is 0 Å². The number of carbonyl (C=O) groups excluding carboxylic acids is 1. The summed E-state index contributed by atoms with van der Waals surface area (Å²) in [5.74, 6) is -0.814. The summed E-state index contributed by atoms with van der Waals surface area (Å²) in [5.41, 5.74) is 2.55. The zero-order chi connectivity index (χ0) is 21.0. The number of Topliss-reactive ketones (excluding diaryl/α,β-unsaturated/α-hetero) is 1. The van der Waals surface area contributed by atoms with Gasteiger partial charge >= 0.3 is 0 Å². The molecule has 0 atom stereocenters. The Morgan fingerprint density at radius 3 is 2.10 bits per heavy atom. The van der Waals surface area contributed by atoms with Crippen LogP contribution in [0.25, 0.3) is 6.08 Å². The topological polar surface area (TPSA) is 51.2 Å². The molecule has 3 aromatic carbocycles. The monoisotopic (exact) mass is 488 g/mol. The van der Waals surface area contributed by atoms with Crippen molar-refractivity contribution >= 4 is 49.2 Å². The number of benzene rings is 3. The van der Waals surface area contributed by atoms with Crippen molar-refractivity contribution in [2.75, 3.05) is 0 Å². The number of hydrogen-bond donors (Lipinski definition) is 0. The molecular formula is C23H18BrClO3S. The van der Waals surface area contributed by atoms with Crippen LogP contribution in [0.5, 0.6) is 0 Å². The van der Waals surface area contributed by atoms with E-state index in [0.717, 1.165) is 10.0 Å². The molecular weight excluding hydrogens is 472 g/mol. The predicted molar refractivity (Wildman–Crippen MR) is 122 cm³/mol. The number of allylic oxidation sites excluding steroid dienone is 1. The van der Waals surface area contributed by atoms with Crippen molar-refractivity contribution in [3.63, 3.8) is 0 Å². The second-order valence-corrected chi connectivity index (χ2v) is 9.95. The van der Waals surface area contributed by atoms with E-state index >= 15 is 0 Å². The Labute approximate surface area is 184 Å². The maximum absolute atomic E-state index is 13.2. The fourth-order valence-corrected chi connectivity index (χ4v) is 4.63. The zero-order valence-corrected chi connectivity index (χ0v) is 18.8. The van der Waals surface area contributed by atoms with Gasteiger partial charge < -0.3 is 0 Å². The smallest absolute Gasteiger partial charge is 0.204 e. The van der Waals surface area contributed by atoms with Crippen molar-refractivity contribution in [3.05, 3.63) is 109 Å². The van der Waals surface area contributed by atoms with Gasteiger partial charge in [-0.05, 0) is 60.5 Å². The van der Waals surface area contributed by atoms with Crippen molar-refractivity contribution in [2.45, 2.75) is 12.7 Å². The van der Waals surface area contributed by atoms with Gasteiger partial charge in [0.05, 0.1) is 5.75 Å². The predicted octanol–water partition coefficient (Wildman–Crippen LogP) is 6.25. The molecule has 0 fully saturated rings. The van der Waals surface area contributed by atoms with Crippen LogP contribution in [0.1, 0.15) is 27.0 Å². The average Bonchev–Trinajstić information content (AvgIpc) is 2.69. The lowest BCUT2D eigenvalue weighted by molar-refractivity contribution is 0.104. The van der Waals surface area contributed by atoms with Crippen molar-refractivity contribution in [1.82, 2.24) is 0 Å². The van der Waals surface area contributed by atoms with Crippen molar-refractivity contribution < 1.29 is 13.2 Å². The minimum absolute atomic E-state index is 0.247. The van der Waals surface area contributed by atoms with Crippen molar-refractivity contribution in [2.24, 2.45) is 0 Å². The van der Waals surface area contributed by atoms with E-state index in [4.69, 9.17) is 11.6 Å². The van der Waals surface area contributed by atoms with Crippen LogP contribution in [-0.2, 0) is 15.6 Å². The SMILES string of the molecule is Cc1ccc(CS(=O)(=O)/C(=C\c2ccc(Br)cc2)C(=O)c2ccc(Cl)cc2)cc1. The molecule has 0 amide bonds. The normalized spacial score (nSPS) is 12.0. The van der Waals surface area contributed by atoms with Crippen LogP contribution in [0.4, 0.5) is 0 Å². The molecule has 3 rings (SSSR count). The van der Waals surface area contributed by atoms with Crippen molar-refractivity contribution in [1.29, 1.82) is 0 Å². The molecule has 0 unspecified atom stereocenters. The number of sulfone groups is 1. The molecule has 0 bridgehead atoms. The number of rotatable bonds is 6. The molecule has 6 heteroatoms. The van der Waals surface area contributed by atoms with Crippen LogP contribution in [0, 0.1) is 6.92 Å². The van der Waals surface area contributed by atoms with Crippen LogP contribution in [0.15, 0.2) is 82.2 Å². The Morgan fingerprint density at radius 2 is 1.52 bits per heavy atom. The van der Waals surface area contributed by atoms with Gasteiger partial charge in [-0.3, -0.25) is 4.79 Å². The fourth-order valence-electron chi connectivity index (χ4n) is 2.73. The summed E-state index contributed by atoms with van der Waals surface area (Å²) in [7, 11) is -3.89. The van der Waals surface area contributed by atoms with Crippen LogP contribution in [-0.4, -0.2) is 14.2 Å². The maximum Gasteiger partial charge on any atom is 0.204 e. The molecule has 0 radical (unpaired) electrons. The van der Waals surface area contributed by atoms with Gasteiger partial charge in [0, 0.05) is 15.1 Å². The molecule has 0 spiro atoms. The Balaban J connectivity index is 2.05. The maximum atomic E-state index is 13.2. The highest BCUT2D eigenvalue weighted by Crippen LogP contribution is 2.24. The third-order valence-electron chi connectivity index (χ3n) is 4.31. The van der Waals surface area contributed by atoms with E-state index in [1.54, 1.807) is 48.5 Å². The standard InChI is InChI=1S/C23H18BrClO3S/c1-16-2-4-18(5-3-16)15-29(27,28)22(14-17-6-10-20(24)11-7-17)23(26)19-8-12-21(25)13-9-19/h2-14H,15H2,1H3/b22-14-.